The number of phenolic OH excluding ortho intramolecular Hbond substituents is 3. The zero-order chi connectivity index (χ0) is 88.2. The van der Waals surface area contributed by atoms with Gasteiger partial charge in [-0.05, 0) is 122 Å². The van der Waals surface area contributed by atoms with E-state index >= 15 is 24.0 Å². The number of carbonyl (C=O) groups is 8. The summed E-state index contributed by atoms with van der Waals surface area (Å²) in [6.07, 6.45) is -11.9. The minimum atomic E-state index is -4.83. The van der Waals surface area contributed by atoms with Crippen LogP contribution in [-0.4, -0.2) is 207 Å². The van der Waals surface area contributed by atoms with Gasteiger partial charge in [0, 0.05) is 73.5 Å². The predicted octanol–water partition coefficient (Wildman–Crippen LogP) is 6.11. The van der Waals surface area contributed by atoms with Crippen LogP contribution in [0, 0.1) is 17.8 Å². The number of carbonyl (C=O) groups excluding carboxylic acids is 7. The van der Waals surface area contributed by atoms with Gasteiger partial charge in [-0.15, -0.1) is 0 Å². The highest BCUT2D eigenvalue weighted by Gasteiger charge is 2.52. The lowest BCUT2D eigenvalue weighted by atomic mass is 9.84. The highest BCUT2D eigenvalue weighted by atomic mass is 35.5. The molecule has 0 spiro atoms. The molecule has 662 valence electrons. The lowest BCUT2D eigenvalue weighted by Crippen LogP contribution is -2.65. The van der Waals surface area contributed by atoms with E-state index in [1.54, 1.807) is 20.8 Å². The minimum Gasteiger partial charge on any atom is -0.507 e. The van der Waals surface area contributed by atoms with Gasteiger partial charge in [-0.3, -0.25) is 38.1 Å². The van der Waals surface area contributed by atoms with Crippen LogP contribution in [0.5, 0.6) is 46.0 Å². The summed E-state index contributed by atoms with van der Waals surface area (Å²) in [7, 11) is -4.83. The van der Waals surface area contributed by atoms with Crippen molar-refractivity contribution >= 4 is 77.9 Å². The van der Waals surface area contributed by atoms with Crippen LogP contribution in [0.2, 0.25) is 10.0 Å². The molecule has 0 saturated carbocycles. The number of nitrogens with two attached hydrogens (primary N) is 1. The normalized spacial score (nSPS) is 26.8. The molecule has 12 rings (SSSR count). The lowest BCUT2D eigenvalue weighted by Gasteiger charge is -2.48. The largest absolute Gasteiger partial charge is 0.507 e. The smallest absolute Gasteiger partial charge is 0.339 e. The number of primary amides is 1. The van der Waals surface area contributed by atoms with Crippen LogP contribution in [0.25, 0.3) is 11.1 Å². The van der Waals surface area contributed by atoms with Crippen molar-refractivity contribution in [2.45, 2.75) is 235 Å². The second kappa shape index (κ2) is 41.7. The van der Waals surface area contributed by atoms with Crippen molar-refractivity contribution in [3.63, 3.8) is 0 Å². The van der Waals surface area contributed by atoms with E-state index in [0.717, 1.165) is 80.4 Å². The van der Waals surface area contributed by atoms with Crippen molar-refractivity contribution in [1.29, 1.82) is 0 Å². The highest BCUT2D eigenvalue weighted by Crippen LogP contribution is 2.52. The summed E-state index contributed by atoms with van der Waals surface area (Å²) in [5, 5.41) is 137. The van der Waals surface area contributed by atoms with Gasteiger partial charge in [-0.25, -0.2) is 4.79 Å². The van der Waals surface area contributed by atoms with Crippen LogP contribution < -0.4 is 57.2 Å². The number of unbranched alkanes of at least 4 members (excludes halogenated alkanes) is 7. The second-order valence-corrected chi connectivity index (χ2v) is 34.6. The third kappa shape index (κ3) is 23.2. The average molecular weight is 1750 g/mol. The van der Waals surface area contributed by atoms with Gasteiger partial charge in [-0.1, -0.05) is 114 Å². The fraction of sp³-hybridized carbons (Fsp3) is 0.542. The molecular formula is C83H109Cl2N8O27P. The number of Topliss-reactive ketones (excluding diaryl/α,β-unsaturated/α-hetero) is 2. The van der Waals surface area contributed by atoms with Crippen LogP contribution in [0.15, 0.2) is 72.8 Å². The fourth-order valence-corrected chi connectivity index (χ4v) is 16.8. The molecule has 0 aromatic heterocycles. The highest BCUT2D eigenvalue weighted by molar-refractivity contribution is 7.51. The molecule has 3 unspecified atom stereocenters. The van der Waals surface area contributed by atoms with Gasteiger partial charge >= 0.3 is 13.6 Å². The van der Waals surface area contributed by atoms with E-state index in [9.17, 15) is 79.8 Å². The zero-order valence-corrected chi connectivity index (χ0v) is 70.1. The van der Waals surface area contributed by atoms with Crippen LogP contribution >= 0.6 is 30.8 Å². The number of carboxylic acid groups (broad SMARTS) is 1. The monoisotopic (exact) mass is 1750 g/mol. The number of aliphatic hydroxyl groups excluding tert-OH is 6. The van der Waals surface area contributed by atoms with Crippen LogP contribution in [0.3, 0.4) is 0 Å². The van der Waals surface area contributed by atoms with Gasteiger partial charge in [-0.2, -0.15) is 0 Å². The Morgan fingerprint density at radius 2 is 1.35 bits per heavy atom. The summed E-state index contributed by atoms with van der Waals surface area (Å²) in [4.78, 5) is 139. The number of rotatable bonds is 30. The Hall–Kier alpha value is -8.69. The SMILES string of the molecule is CCCCCCCCCCNCCNC1(C)C[C@@H](OC2[C@H](Oc3c4cc5cc3Oc3ccc(cc3Cl)[C@H](O)[C@@H](NC(=O)[C@H](CC)CC(C)C)C(=O)C[C@@H](CC(N)=O)C(=O)N[C@H]5C(=O)C[C@H]3C(=O)N[C@H](C(=O)N[C@H](C(=O)O)c5cc(O)c(CNCP(=O)(O)O)c(O)c5-c5cc3ccc5O)[C@H](O)c3ccc(c(Cl)c3)O4)OC(CO)[C@@H](O)[C@@H]2O)O[C@@H](C)[C@H]1O. The van der Waals surface area contributed by atoms with Crippen molar-refractivity contribution in [1.82, 2.24) is 37.2 Å². The fourth-order valence-electron chi connectivity index (χ4n) is 15.9. The molecule has 0 radical (unpaired) electrons. The molecular weight excluding hydrogens is 1640 g/mol. The Bertz CT molecular complexity index is 4640. The molecule has 35 nitrogen and oxygen atoms in total. The molecule has 11 bridgehead atoms. The number of amides is 5. The number of hydrogen-bond acceptors (Lipinski definition) is 27. The lowest BCUT2D eigenvalue weighted by molar-refractivity contribution is -0.334. The number of fused-ring (bicyclic) bond motifs is 15. The summed E-state index contributed by atoms with van der Waals surface area (Å²) < 4.78 is 51.6. The van der Waals surface area contributed by atoms with E-state index < -0.39 is 275 Å². The molecule has 121 heavy (non-hydrogen) atoms. The molecule has 7 aliphatic heterocycles. The van der Waals surface area contributed by atoms with Crippen molar-refractivity contribution < 1.29 is 132 Å². The van der Waals surface area contributed by atoms with Crippen LogP contribution in [-0.2, 0) is 63.7 Å². The number of aliphatic hydroxyl groups is 6. The number of aromatic hydroxyl groups is 3. The molecule has 2 fully saturated rings. The number of phenols is 3. The molecule has 0 aliphatic carbocycles. The van der Waals surface area contributed by atoms with Gasteiger partial charge in [0.15, 0.2) is 41.5 Å². The van der Waals surface area contributed by atoms with Gasteiger partial charge in [0.2, 0.25) is 41.6 Å². The maximum atomic E-state index is 16.5. The molecule has 2 saturated heterocycles. The summed E-state index contributed by atoms with van der Waals surface area (Å²) >= 11 is 14.4. The number of hydrogen-bond donors (Lipinski definition) is 20. The van der Waals surface area contributed by atoms with Gasteiger partial charge in [0.25, 0.3) is 0 Å². The summed E-state index contributed by atoms with van der Waals surface area (Å²) in [5.41, 5.74) is 1.08. The van der Waals surface area contributed by atoms with Crippen LogP contribution in [0.4, 0.5) is 0 Å². The van der Waals surface area contributed by atoms with Gasteiger partial charge in [0.05, 0.1) is 52.5 Å². The Morgan fingerprint density at radius 1 is 0.711 bits per heavy atom. The number of halogens is 2. The third-order valence-electron chi connectivity index (χ3n) is 22.5. The Labute approximate surface area is 708 Å². The number of benzene rings is 5. The van der Waals surface area contributed by atoms with Crippen molar-refractivity contribution in [3.8, 4) is 57.1 Å². The van der Waals surface area contributed by atoms with E-state index in [1.807, 2.05) is 13.8 Å². The Morgan fingerprint density at radius 3 is 1.95 bits per heavy atom. The molecule has 21 N–H and O–H groups in total. The first-order valence-corrected chi connectivity index (χ1v) is 43.1. The van der Waals surface area contributed by atoms with Crippen molar-refractivity contribution in [2.24, 2.45) is 23.5 Å². The van der Waals surface area contributed by atoms with E-state index in [0.29, 0.717) is 19.5 Å². The molecule has 7 aliphatic rings. The standard InChI is InChI=1S/C83H109Cl2N8O27P/c1-7-9-10-11-12-13-14-15-22-87-23-24-89-83(6)35-63(115-40(5)76(83)105)119-75-73(104)72(103)61(37-94)118-82(75)120-74-59-30-45-31-60(74)117-58-21-18-44(28-52(58)85)70(101)68-80(109)91-66(81(110)111)49-34-54(96)50(36-88-38-121(112,113)114)71(102)64(49)48-26-42(16-19-53(48)95)47(79(108)93-68)33-56(98)65(45)90-78(107)46(32-62(86)99)29-55(97)67(92-77(106)41(8-2)25-39(3)4)69(100)43-17-20-57(116-59)51(84)27-43/h16-21,26-28,30-31,34,39-41,46-47,61,63,65-70,72-73,75-76,82,87-89,94-96,100-105H,7-15,22-25,29,32-33,35-38H2,1-6H3,(H2,86,99)(H,90,107)(H,91,109)(H,92,106)(H,93,108)(H,110,111)(H2,112,113,114)/t40-,41+,46-,47+,61?,63+,65+,66-,67-,68-,69-,70+,72+,73-,75?,76+,82-,83?/m0/s1. The number of ketones is 2. The first-order chi connectivity index (χ1) is 57.3. The van der Waals surface area contributed by atoms with E-state index in [-0.39, 0.29) is 46.2 Å². The Balaban J connectivity index is 1.17. The molecule has 5 amide bonds. The maximum Gasteiger partial charge on any atom is 0.339 e. The van der Waals surface area contributed by atoms with E-state index in [1.165, 1.54) is 50.3 Å². The number of ether oxygens (including phenoxy) is 6. The van der Waals surface area contributed by atoms with E-state index in [2.05, 4.69) is 44.1 Å². The second-order valence-electron chi connectivity index (χ2n) is 32.1. The van der Waals surface area contributed by atoms with Gasteiger partial charge < -0.3 is 132 Å². The number of aliphatic carboxylic acids is 1. The average Bonchev–Trinajstić information content (AvgIpc) is 0.780. The molecule has 5 aromatic carbocycles. The predicted molar refractivity (Wildman–Crippen MR) is 436 cm³/mol. The van der Waals surface area contributed by atoms with Gasteiger partial charge in [0.1, 0.15) is 77.4 Å². The third-order valence-corrected chi connectivity index (χ3v) is 23.7. The number of nitrogens with one attached hydrogen (secondary N) is 7. The molecule has 38 heteroatoms. The molecule has 18 atom stereocenters. The first-order valence-electron chi connectivity index (χ1n) is 40.5. The quantitative estimate of drug-likeness (QED) is 0.0182. The molecule has 7 heterocycles. The zero-order valence-electron chi connectivity index (χ0n) is 67.7. The summed E-state index contributed by atoms with van der Waals surface area (Å²) in [6.45, 7) is 10.9. The topological polar surface area (TPSA) is 562 Å². The summed E-state index contributed by atoms with van der Waals surface area (Å²) in [6, 6.07) is 4.12. The number of carboxylic acids is 1. The Kier molecular flexibility index (Phi) is 32.6. The van der Waals surface area contributed by atoms with Crippen LogP contribution in [0.1, 0.15) is 195 Å². The summed E-state index contributed by atoms with van der Waals surface area (Å²) in [5.74, 6) is -20.2. The minimum absolute atomic E-state index is 0.0394. The van der Waals surface area contributed by atoms with Crippen molar-refractivity contribution in [2.75, 3.05) is 32.5 Å². The first kappa shape index (κ1) is 94.6. The van der Waals surface area contributed by atoms with E-state index in [4.69, 9.17) is 57.4 Å². The van der Waals surface area contributed by atoms with Crippen molar-refractivity contribution in [3.05, 3.63) is 116 Å². The molecule has 5 aromatic rings. The maximum absolute atomic E-state index is 16.5.